The Labute approximate surface area is 148 Å². The van der Waals surface area contributed by atoms with Gasteiger partial charge in [0.15, 0.2) is 0 Å². The molecule has 6 heteroatoms. The monoisotopic (exact) mass is 351 g/mol. The lowest BCUT2D eigenvalue weighted by Gasteiger charge is -2.21. The zero-order chi connectivity index (χ0) is 17.9. The Hall–Kier alpha value is -1.53. The van der Waals surface area contributed by atoms with E-state index in [9.17, 15) is 13.6 Å². The van der Waals surface area contributed by atoms with Crippen LogP contribution in [-0.4, -0.2) is 48.4 Å². The summed E-state index contributed by atoms with van der Waals surface area (Å²) in [4.78, 5) is 14.4. The van der Waals surface area contributed by atoms with Gasteiger partial charge < -0.3 is 5.32 Å². The average molecular weight is 351 g/mol. The van der Waals surface area contributed by atoms with Gasteiger partial charge in [-0.1, -0.05) is 30.3 Å². The molecule has 2 fully saturated rings. The molecule has 0 radical (unpaired) electrons. The lowest BCUT2D eigenvalue weighted by molar-refractivity contribution is -0.123. The molecule has 3 rings (SSSR count). The van der Waals surface area contributed by atoms with Crippen LogP contribution in [0.3, 0.4) is 0 Å². The number of rotatable bonds is 6. The van der Waals surface area contributed by atoms with Gasteiger partial charge in [0.1, 0.15) is 0 Å². The topological polar surface area (TPSA) is 44.4 Å². The molecule has 25 heavy (non-hydrogen) atoms. The Bertz CT molecular complexity index is 581. The highest BCUT2D eigenvalue weighted by Gasteiger charge is 2.42. The molecule has 1 aromatic carbocycles. The zero-order valence-electron chi connectivity index (χ0n) is 14.7. The minimum absolute atomic E-state index is 0.302. The van der Waals surface area contributed by atoms with Crippen molar-refractivity contribution in [3.8, 4) is 0 Å². The molecule has 2 N–H and O–H groups in total. The normalized spacial score (nSPS) is 29.0. The van der Waals surface area contributed by atoms with Gasteiger partial charge in [-0.25, -0.2) is 8.78 Å². The Morgan fingerprint density at radius 1 is 1.36 bits per heavy atom. The second-order valence-corrected chi connectivity index (χ2v) is 7.44. The van der Waals surface area contributed by atoms with Crippen molar-refractivity contribution in [3.63, 3.8) is 0 Å². The first-order valence-electron chi connectivity index (χ1n) is 9.10. The summed E-state index contributed by atoms with van der Waals surface area (Å²) in [5.74, 6) is -2.53. The van der Waals surface area contributed by atoms with Gasteiger partial charge in [-0.05, 0) is 31.2 Å². The number of hydrogen-bond acceptors (Lipinski definition) is 3. The summed E-state index contributed by atoms with van der Waals surface area (Å²) in [6.45, 7) is 4.36. The Morgan fingerprint density at radius 2 is 2.12 bits per heavy atom. The molecular formula is C19H27F2N3O. The van der Waals surface area contributed by atoms with E-state index < -0.39 is 24.9 Å². The van der Waals surface area contributed by atoms with Crippen LogP contribution in [0.25, 0.3) is 0 Å². The molecule has 0 aromatic heterocycles. The molecule has 1 amide bonds. The second kappa shape index (κ2) is 7.79. The molecule has 138 valence electrons. The van der Waals surface area contributed by atoms with Gasteiger partial charge in [-0.2, -0.15) is 0 Å². The third-order valence-electron chi connectivity index (χ3n) is 5.30. The van der Waals surface area contributed by atoms with Gasteiger partial charge in [0.2, 0.25) is 5.91 Å². The SMILES string of the molecule is CC1CC(CCNC(=O)C2CC(F)(F)CN2)CN1Cc1ccccc1. The lowest BCUT2D eigenvalue weighted by Crippen LogP contribution is -2.41. The Kier molecular flexibility index (Phi) is 5.69. The number of halogens is 2. The van der Waals surface area contributed by atoms with Crippen molar-refractivity contribution < 1.29 is 13.6 Å². The number of amides is 1. The van der Waals surface area contributed by atoms with E-state index in [0.29, 0.717) is 18.5 Å². The van der Waals surface area contributed by atoms with Crippen molar-refractivity contribution in [2.75, 3.05) is 19.6 Å². The molecule has 0 spiro atoms. The number of carbonyl (C=O) groups excluding carboxylic acids is 1. The van der Waals surface area contributed by atoms with E-state index in [0.717, 1.165) is 25.9 Å². The molecule has 2 saturated heterocycles. The summed E-state index contributed by atoms with van der Waals surface area (Å²) >= 11 is 0. The molecule has 2 heterocycles. The van der Waals surface area contributed by atoms with Crippen molar-refractivity contribution in [3.05, 3.63) is 35.9 Å². The first-order chi connectivity index (χ1) is 11.9. The average Bonchev–Trinajstić information content (AvgIpc) is 3.11. The van der Waals surface area contributed by atoms with Crippen molar-refractivity contribution in [1.29, 1.82) is 0 Å². The van der Waals surface area contributed by atoms with Gasteiger partial charge >= 0.3 is 0 Å². The molecule has 3 atom stereocenters. The molecule has 2 aliphatic rings. The number of nitrogens with zero attached hydrogens (tertiary/aromatic N) is 1. The molecule has 0 saturated carbocycles. The van der Waals surface area contributed by atoms with Gasteiger partial charge in [0, 0.05) is 32.1 Å². The van der Waals surface area contributed by atoms with Crippen LogP contribution in [0.4, 0.5) is 8.78 Å². The molecule has 2 aliphatic heterocycles. The van der Waals surface area contributed by atoms with E-state index in [1.165, 1.54) is 5.56 Å². The van der Waals surface area contributed by atoms with Gasteiger partial charge in [0.25, 0.3) is 5.92 Å². The van der Waals surface area contributed by atoms with Crippen molar-refractivity contribution >= 4 is 5.91 Å². The number of hydrogen-bond donors (Lipinski definition) is 2. The predicted octanol–water partition coefficient (Wildman–Crippen LogP) is 2.40. The van der Waals surface area contributed by atoms with E-state index in [-0.39, 0.29) is 5.91 Å². The van der Waals surface area contributed by atoms with E-state index in [2.05, 4.69) is 46.7 Å². The Morgan fingerprint density at radius 3 is 2.80 bits per heavy atom. The van der Waals surface area contributed by atoms with Crippen LogP contribution in [0.1, 0.15) is 31.7 Å². The quantitative estimate of drug-likeness (QED) is 0.827. The molecule has 0 aliphatic carbocycles. The molecule has 1 aromatic rings. The second-order valence-electron chi connectivity index (χ2n) is 7.44. The summed E-state index contributed by atoms with van der Waals surface area (Å²) in [7, 11) is 0. The van der Waals surface area contributed by atoms with Crippen LogP contribution in [-0.2, 0) is 11.3 Å². The number of carbonyl (C=O) groups is 1. The van der Waals surface area contributed by atoms with Gasteiger partial charge in [-0.3, -0.25) is 15.0 Å². The van der Waals surface area contributed by atoms with Gasteiger partial charge in [0.05, 0.1) is 12.6 Å². The summed E-state index contributed by atoms with van der Waals surface area (Å²) in [5, 5.41) is 5.41. The van der Waals surface area contributed by atoms with Crippen molar-refractivity contribution in [2.45, 2.75) is 50.7 Å². The minimum atomic E-state index is -2.76. The standard InChI is InChI=1S/C19H27F2N3O/c1-14-9-16(12-24(14)11-15-5-3-2-4-6-15)7-8-22-18(25)17-10-19(20,21)13-23-17/h2-6,14,16-17,23H,7-13H2,1H3,(H,22,25). The fraction of sp³-hybridized carbons (Fsp3) is 0.632. The van der Waals surface area contributed by atoms with Crippen LogP contribution in [0.2, 0.25) is 0 Å². The van der Waals surface area contributed by atoms with Crippen molar-refractivity contribution in [1.82, 2.24) is 15.5 Å². The fourth-order valence-electron chi connectivity index (χ4n) is 3.89. The van der Waals surface area contributed by atoms with E-state index in [1.54, 1.807) is 0 Å². The molecule has 3 unspecified atom stereocenters. The van der Waals surface area contributed by atoms with Gasteiger partial charge in [-0.15, -0.1) is 0 Å². The first kappa shape index (κ1) is 18.3. The van der Waals surface area contributed by atoms with Crippen LogP contribution in [0.5, 0.6) is 0 Å². The minimum Gasteiger partial charge on any atom is -0.355 e. The summed E-state index contributed by atoms with van der Waals surface area (Å²) < 4.78 is 26.3. The third-order valence-corrected chi connectivity index (χ3v) is 5.30. The Balaban J connectivity index is 1.39. The number of benzene rings is 1. The zero-order valence-corrected chi connectivity index (χ0v) is 14.7. The summed E-state index contributed by atoms with van der Waals surface area (Å²) in [6, 6.07) is 10.2. The molecule has 4 nitrogen and oxygen atoms in total. The maximum Gasteiger partial charge on any atom is 0.262 e. The van der Waals surface area contributed by atoms with Crippen LogP contribution in [0.15, 0.2) is 30.3 Å². The number of alkyl halides is 2. The highest BCUT2D eigenvalue weighted by Crippen LogP contribution is 2.27. The van der Waals surface area contributed by atoms with Crippen LogP contribution >= 0.6 is 0 Å². The van der Waals surface area contributed by atoms with E-state index >= 15 is 0 Å². The smallest absolute Gasteiger partial charge is 0.262 e. The summed E-state index contributed by atoms with van der Waals surface area (Å²) in [5.41, 5.74) is 1.32. The molecular weight excluding hydrogens is 324 g/mol. The van der Waals surface area contributed by atoms with Crippen LogP contribution < -0.4 is 10.6 Å². The van der Waals surface area contributed by atoms with Crippen LogP contribution in [0, 0.1) is 5.92 Å². The van der Waals surface area contributed by atoms with E-state index in [4.69, 9.17) is 0 Å². The highest BCUT2D eigenvalue weighted by molar-refractivity contribution is 5.82. The largest absolute Gasteiger partial charge is 0.355 e. The number of likely N-dealkylation sites (tertiary alicyclic amines) is 1. The predicted molar refractivity (Wildman–Crippen MR) is 93.4 cm³/mol. The van der Waals surface area contributed by atoms with E-state index in [1.807, 2.05) is 6.07 Å². The third kappa shape index (κ3) is 4.98. The summed E-state index contributed by atoms with van der Waals surface area (Å²) in [6.07, 6.45) is 1.61. The highest BCUT2D eigenvalue weighted by atomic mass is 19.3. The lowest BCUT2D eigenvalue weighted by atomic mass is 10.0. The molecule has 0 bridgehead atoms. The maximum atomic E-state index is 13.1. The van der Waals surface area contributed by atoms with Crippen molar-refractivity contribution in [2.24, 2.45) is 5.92 Å². The first-order valence-corrected chi connectivity index (χ1v) is 9.10. The fourth-order valence-corrected chi connectivity index (χ4v) is 3.89. The maximum absolute atomic E-state index is 13.1. The number of nitrogens with one attached hydrogen (secondary N) is 2.